The summed E-state index contributed by atoms with van der Waals surface area (Å²) in [5.74, 6) is -0.470. The van der Waals surface area contributed by atoms with Crippen molar-refractivity contribution >= 4 is 10.0 Å². The highest BCUT2D eigenvalue weighted by Gasteiger charge is 2.28. The van der Waals surface area contributed by atoms with Crippen LogP contribution in [0.2, 0.25) is 0 Å². The van der Waals surface area contributed by atoms with Gasteiger partial charge in [-0.05, 0) is 24.7 Å². The van der Waals surface area contributed by atoms with Gasteiger partial charge in [-0.25, -0.2) is 12.8 Å². The van der Waals surface area contributed by atoms with E-state index >= 15 is 0 Å². The van der Waals surface area contributed by atoms with E-state index in [0.717, 1.165) is 25.7 Å². The van der Waals surface area contributed by atoms with Gasteiger partial charge in [0.15, 0.2) is 0 Å². The average molecular weight is 301 g/mol. The summed E-state index contributed by atoms with van der Waals surface area (Å²) in [5.41, 5.74) is 5.64. The second-order valence-corrected chi connectivity index (χ2v) is 6.73. The maximum atomic E-state index is 13.4. The van der Waals surface area contributed by atoms with Crippen LogP contribution in [0.4, 0.5) is 4.39 Å². The highest BCUT2D eigenvalue weighted by atomic mass is 32.2. The lowest BCUT2D eigenvalue weighted by molar-refractivity contribution is 0.196. The van der Waals surface area contributed by atoms with Crippen molar-refractivity contribution in [1.29, 1.82) is 0 Å². The standard InChI is InChI=1S/C13H20FN3O2S/c1-2-16-5-7-17(8-6-16)20(18,19)12-3-4-13(14)11(9-12)10-15/h3-4,9H,2,5-8,10,15H2,1H3. The van der Waals surface area contributed by atoms with Gasteiger partial charge in [0, 0.05) is 38.3 Å². The van der Waals surface area contributed by atoms with Crippen LogP contribution >= 0.6 is 0 Å². The molecule has 0 bridgehead atoms. The molecule has 1 saturated heterocycles. The van der Waals surface area contributed by atoms with Crippen molar-refractivity contribution in [3.05, 3.63) is 29.6 Å². The highest BCUT2D eigenvalue weighted by molar-refractivity contribution is 7.89. The van der Waals surface area contributed by atoms with E-state index in [1.807, 2.05) is 0 Å². The number of hydrogen-bond donors (Lipinski definition) is 1. The minimum atomic E-state index is -3.56. The molecule has 0 saturated carbocycles. The molecule has 1 aliphatic rings. The van der Waals surface area contributed by atoms with Crippen molar-refractivity contribution < 1.29 is 12.8 Å². The van der Waals surface area contributed by atoms with Crippen molar-refractivity contribution in [2.75, 3.05) is 32.7 Å². The fourth-order valence-electron chi connectivity index (χ4n) is 2.30. The minimum absolute atomic E-state index is 0.0151. The number of piperazine rings is 1. The molecular weight excluding hydrogens is 281 g/mol. The Balaban J connectivity index is 2.22. The second-order valence-electron chi connectivity index (χ2n) is 4.80. The van der Waals surface area contributed by atoms with Gasteiger partial charge in [-0.3, -0.25) is 0 Å². The van der Waals surface area contributed by atoms with Crippen LogP contribution in [0.25, 0.3) is 0 Å². The van der Waals surface area contributed by atoms with Crippen LogP contribution < -0.4 is 5.73 Å². The molecule has 1 aliphatic heterocycles. The van der Waals surface area contributed by atoms with Gasteiger partial charge in [0.25, 0.3) is 0 Å². The van der Waals surface area contributed by atoms with Crippen LogP contribution in [0.1, 0.15) is 12.5 Å². The van der Waals surface area contributed by atoms with E-state index in [1.165, 1.54) is 16.4 Å². The molecule has 0 atom stereocenters. The van der Waals surface area contributed by atoms with E-state index in [9.17, 15) is 12.8 Å². The van der Waals surface area contributed by atoms with Gasteiger partial charge in [0.05, 0.1) is 4.90 Å². The molecule has 1 aromatic carbocycles. The molecule has 5 nitrogen and oxygen atoms in total. The van der Waals surface area contributed by atoms with E-state index in [4.69, 9.17) is 5.73 Å². The van der Waals surface area contributed by atoms with Crippen LogP contribution in [0.3, 0.4) is 0 Å². The number of sulfonamides is 1. The first-order valence-electron chi connectivity index (χ1n) is 6.70. The smallest absolute Gasteiger partial charge is 0.243 e. The minimum Gasteiger partial charge on any atom is -0.326 e. The Morgan fingerprint density at radius 2 is 1.90 bits per heavy atom. The quantitative estimate of drug-likeness (QED) is 0.885. The maximum absolute atomic E-state index is 13.4. The fraction of sp³-hybridized carbons (Fsp3) is 0.538. The monoisotopic (exact) mass is 301 g/mol. The van der Waals surface area contributed by atoms with Gasteiger partial charge in [-0.1, -0.05) is 6.92 Å². The molecule has 0 unspecified atom stereocenters. The summed E-state index contributed by atoms with van der Waals surface area (Å²) in [6, 6.07) is 3.80. The zero-order valence-electron chi connectivity index (χ0n) is 11.5. The Morgan fingerprint density at radius 3 is 2.45 bits per heavy atom. The average Bonchev–Trinajstić information content (AvgIpc) is 2.47. The van der Waals surface area contributed by atoms with Crippen molar-refractivity contribution in [3.63, 3.8) is 0 Å². The predicted octanol–water partition coefficient (Wildman–Crippen LogP) is 0.611. The number of likely N-dealkylation sites (N-methyl/N-ethyl adjacent to an activating group) is 1. The van der Waals surface area contributed by atoms with Crippen molar-refractivity contribution in [1.82, 2.24) is 9.21 Å². The summed E-state index contributed by atoms with van der Waals surface area (Å²) in [7, 11) is -3.56. The van der Waals surface area contributed by atoms with Gasteiger partial charge in [-0.15, -0.1) is 0 Å². The molecule has 0 aromatic heterocycles. The SMILES string of the molecule is CCN1CCN(S(=O)(=O)c2ccc(F)c(CN)c2)CC1. The first-order valence-corrected chi connectivity index (χ1v) is 8.14. The number of nitrogens with zero attached hydrogens (tertiary/aromatic N) is 2. The maximum Gasteiger partial charge on any atom is 0.243 e. The van der Waals surface area contributed by atoms with E-state index in [0.29, 0.717) is 13.1 Å². The number of halogens is 1. The van der Waals surface area contributed by atoms with E-state index in [2.05, 4.69) is 11.8 Å². The summed E-state index contributed by atoms with van der Waals surface area (Å²) in [6.07, 6.45) is 0. The summed E-state index contributed by atoms with van der Waals surface area (Å²) in [6.45, 7) is 5.33. The van der Waals surface area contributed by atoms with Crippen molar-refractivity contribution in [2.24, 2.45) is 5.73 Å². The molecule has 20 heavy (non-hydrogen) atoms. The summed E-state index contributed by atoms with van der Waals surface area (Å²) in [4.78, 5) is 2.31. The van der Waals surface area contributed by atoms with Gasteiger partial charge >= 0.3 is 0 Å². The lowest BCUT2D eigenvalue weighted by atomic mass is 10.2. The summed E-state index contributed by atoms with van der Waals surface area (Å²) >= 11 is 0. The molecule has 112 valence electrons. The lowest BCUT2D eigenvalue weighted by Crippen LogP contribution is -2.48. The largest absolute Gasteiger partial charge is 0.326 e. The Labute approximate surface area is 119 Å². The molecule has 1 aromatic rings. The summed E-state index contributed by atoms with van der Waals surface area (Å²) in [5, 5.41) is 0. The molecule has 0 radical (unpaired) electrons. The van der Waals surface area contributed by atoms with Crippen molar-refractivity contribution in [3.8, 4) is 0 Å². The van der Waals surface area contributed by atoms with E-state index in [-0.39, 0.29) is 17.0 Å². The van der Waals surface area contributed by atoms with E-state index in [1.54, 1.807) is 0 Å². The highest BCUT2D eigenvalue weighted by Crippen LogP contribution is 2.20. The second kappa shape index (κ2) is 6.17. The predicted molar refractivity (Wildman–Crippen MR) is 75.2 cm³/mol. The molecule has 0 aliphatic carbocycles. The number of nitrogens with two attached hydrogens (primary N) is 1. The molecule has 0 spiro atoms. The van der Waals surface area contributed by atoms with Gasteiger partial charge in [0.1, 0.15) is 5.82 Å². The molecule has 0 amide bonds. The zero-order chi connectivity index (χ0) is 14.8. The van der Waals surface area contributed by atoms with E-state index < -0.39 is 15.8 Å². The van der Waals surface area contributed by atoms with Gasteiger partial charge in [0.2, 0.25) is 10.0 Å². The third-order valence-electron chi connectivity index (χ3n) is 3.65. The number of rotatable bonds is 4. The first kappa shape index (κ1) is 15.4. The molecular formula is C13H20FN3O2S. The van der Waals surface area contributed by atoms with Gasteiger partial charge in [-0.2, -0.15) is 4.31 Å². The topological polar surface area (TPSA) is 66.6 Å². The Kier molecular flexibility index (Phi) is 4.74. The molecule has 1 fully saturated rings. The van der Waals surface area contributed by atoms with Crippen LogP contribution in [0.15, 0.2) is 23.1 Å². The third-order valence-corrected chi connectivity index (χ3v) is 5.55. The molecule has 7 heteroatoms. The van der Waals surface area contributed by atoms with Crippen LogP contribution in [0.5, 0.6) is 0 Å². The normalized spacial score (nSPS) is 18.4. The third kappa shape index (κ3) is 3.01. The number of hydrogen-bond acceptors (Lipinski definition) is 4. The van der Waals surface area contributed by atoms with Crippen LogP contribution in [-0.4, -0.2) is 50.3 Å². The van der Waals surface area contributed by atoms with Crippen LogP contribution in [0, 0.1) is 5.82 Å². The molecule has 2 N–H and O–H groups in total. The fourth-order valence-corrected chi connectivity index (χ4v) is 3.78. The zero-order valence-corrected chi connectivity index (χ0v) is 12.4. The number of benzene rings is 1. The van der Waals surface area contributed by atoms with Crippen LogP contribution in [-0.2, 0) is 16.6 Å². The lowest BCUT2D eigenvalue weighted by Gasteiger charge is -2.33. The Morgan fingerprint density at radius 1 is 1.25 bits per heavy atom. The van der Waals surface area contributed by atoms with Crippen molar-refractivity contribution in [2.45, 2.75) is 18.4 Å². The Hall–Kier alpha value is -1.02. The Bertz CT molecular complexity index is 569. The van der Waals surface area contributed by atoms with Gasteiger partial charge < -0.3 is 10.6 Å². The summed E-state index contributed by atoms with van der Waals surface area (Å²) < 4.78 is 39.9. The molecule has 2 rings (SSSR count). The molecule has 1 heterocycles. The first-order chi connectivity index (χ1) is 9.48.